The Morgan fingerprint density at radius 3 is 1.25 bits per heavy atom. The first kappa shape index (κ1) is 40.5. The van der Waals surface area contributed by atoms with E-state index in [2.05, 4.69) is 31.1 Å². The molecule has 0 bridgehead atoms. The Bertz CT molecular complexity index is 2970. The van der Waals surface area contributed by atoms with Crippen molar-refractivity contribution in [2.24, 2.45) is 20.5 Å². The van der Waals surface area contributed by atoms with Gasteiger partial charge in [0.1, 0.15) is 24.6 Å². The minimum absolute atomic E-state index is 0.00576. The number of carboxylic acid groups (broad SMARTS) is 2. The molecule has 1 aliphatic rings. The highest BCUT2D eigenvalue weighted by Gasteiger charge is 2.30. The molecule has 0 aliphatic heterocycles. The van der Waals surface area contributed by atoms with Gasteiger partial charge >= 0.3 is 11.9 Å². The van der Waals surface area contributed by atoms with Gasteiger partial charge in [-0.3, -0.25) is 28.3 Å². The lowest BCUT2D eigenvalue weighted by molar-refractivity contribution is -0.135. The molecule has 20 nitrogen and oxygen atoms in total. The number of nitrogens with zero attached hydrogens (tertiary/aromatic N) is 4. The molecule has 0 aromatic heterocycles. The van der Waals surface area contributed by atoms with Crippen LogP contribution in [-0.2, 0) is 29.8 Å². The van der Waals surface area contributed by atoms with Gasteiger partial charge < -0.3 is 31.1 Å². The molecule has 0 radical (unpaired) electrons. The van der Waals surface area contributed by atoms with E-state index in [4.69, 9.17) is 10.2 Å². The van der Waals surface area contributed by atoms with Crippen LogP contribution in [0.3, 0.4) is 0 Å². The van der Waals surface area contributed by atoms with Gasteiger partial charge in [-0.1, -0.05) is 0 Å². The number of phenolic OH excluding ortho intramolecular Hbond substituents is 2. The number of azo groups is 2. The molecule has 8 N–H and O–H groups in total. The molecule has 0 saturated heterocycles. The van der Waals surface area contributed by atoms with E-state index in [1.54, 1.807) is 0 Å². The molecule has 0 saturated carbocycles. The zero-order valence-electron chi connectivity index (χ0n) is 30.1. The molecule has 0 fully saturated rings. The highest BCUT2D eigenvalue weighted by atomic mass is 32.2. The molecule has 6 aromatic carbocycles. The molecular formula is C38H26N6O14S2. The van der Waals surface area contributed by atoms with Crippen molar-refractivity contribution in [2.45, 2.75) is 9.79 Å². The van der Waals surface area contributed by atoms with Gasteiger partial charge in [-0.05, 0) is 72.8 Å². The fraction of sp³-hybridized carbons (Fsp3) is 0.0526. The molecule has 304 valence electrons. The third kappa shape index (κ3) is 7.93. The average Bonchev–Trinajstić information content (AvgIpc) is 3.18. The van der Waals surface area contributed by atoms with Crippen LogP contribution in [0.2, 0.25) is 0 Å². The molecule has 0 atom stereocenters. The molecule has 22 heteroatoms. The maximum Gasteiger partial charge on any atom is 0.322 e. The van der Waals surface area contributed by atoms with Crippen molar-refractivity contribution in [2.75, 3.05) is 23.7 Å². The molecule has 1 aliphatic carbocycles. The number of aromatic hydroxyl groups is 2. The summed E-state index contributed by atoms with van der Waals surface area (Å²) in [7, 11) is -9.61. The minimum atomic E-state index is -4.80. The molecule has 0 spiro atoms. The molecule has 0 unspecified atom stereocenters. The second-order valence-corrected chi connectivity index (χ2v) is 15.8. The molecular weight excluding hydrogens is 829 g/mol. The first-order valence-electron chi connectivity index (χ1n) is 17.0. The van der Waals surface area contributed by atoms with Gasteiger partial charge in [0.15, 0.2) is 11.6 Å². The molecule has 0 heterocycles. The smallest absolute Gasteiger partial charge is 0.322 e. The van der Waals surface area contributed by atoms with E-state index >= 15 is 0 Å². The highest BCUT2D eigenvalue weighted by molar-refractivity contribution is 7.86. The summed E-state index contributed by atoms with van der Waals surface area (Å²) in [5.74, 6) is -4.80. The normalized spacial score (nSPS) is 12.9. The van der Waals surface area contributed by atoms with Gasteiger partial charge in [0.25, 0.3) is 20.2 Å². The summed E-state index contributed by atoms with van der Waals surface area (Å²) in [6, 6.07) is 17.1. The van der Waals surface area contributed by atoms with Crippen LogP contribution >= 0.6 is 0 Å². The molecule has 60 heavy (non-hydrogen) atoms. The Hall–Kier alpha value is -7.66. The van der Waals surface area contributed by atoms with Crippen LogP contribution in [0.5, 0.6) is 11.5 Å². The fourth-order valence-electron chi connectivity index (χ4n) is 6.43. The first-order valence-corrected chi connectivity index (χ1v) is 19.8. The summed E-state index contributed by atoms with van der Waals surface area (Å²) in [4.78, 5) is 48.4. The average molecular weight is 855 g/mol. The Kier molecular flexibility index (Phi) is 10.3. The standard InChI is InChI=1S/C38H26N6O14S2/c45-31-13-19(59(53,54)55)11-25-27(5-7-29(35(25)31)39-15-33(47)48)43-41-17-1-3-21-23(9-17)38(52)22-4-2-18(10-24(22)37(21)51)42-44-28-6-8-30(40-16-34(49)50)36-26(28)12-20(14-32(36)46)60(56,57)58/h1-14,39-40,45-46H,15-16H2,(H,47,48)(H,49,50)(H,53,54,55)(H,56,57,58). The van der Waals surface area contributed by atoms with Crippen molar-refractivity contribution in [3.63, 3.8) is 0 Å². The van der Waals surface area contributed by atoms with Crippen molar-refractivity contribution in [1.29, 1.82) is 0 Å². The van der Waals surface area contributed by atoms with Crippen LogP contribution in [-0.4, -0.2) is 83.0 Å². The van der Waals surface area contributed by atoms with Gasteiger partial charge in [0.2, 0.25) is 0 Å². The number of carboxylic acids is 2. The number of aliphatic carboxylic acids is 2. The van der Waals surface area contributed by atoms with Crippen molar-refractivity contribution >= 4 is 99.4 Å². The lowest BCUT2D eigenvalue weighted by Gasteiger charge is -2.17. The number of phenols is 2. The van der Waals surface area contributed by atoms with Crippen LogP contribution in [0.25, 0.3) is 21.5 Å². The zero-order valence-corrected chi connectivity index (χ0v) is 31.7. The number of ketones is 2. The number of carbonyl (C=O) groups is 4. The number of rotatable bonds is 12. The van der Waals surface area contributed by atoms with Gasteiger partial charge in [-0.15, -0.1) is 10.2 Å². The van der Waals surface area contributed by atoms with Gasteiger partial charge in [0, 0.05) is 67.3 Å². The monoisotopic (exact) mass is 854 g/mol. The molecule has 6 aromatic rings. The molecule has 7 rings (SSSR count). The third-order valence-corrected chi connectivity index (χ3v) is 10.7. The van der Waals surface area contributed by atoms with Crippen molar-refractivity contribution in [1.82, 2.24) is 0 Å². The van der Waals surface area contributed by atoms with Crippen LogP contribution in [0.4, 0.5) is 34.1 Å². The Morgan fingerprint density at radius 2 is 0.900 bits per heavy atom. The van der Waals surface area contributed by atoms with E-state index in [1.807, 2.05) is 0 Å². The van der Waals surface area contributed by atoms with E-state index < -0.39 is 78.1 Å². The topological polar surface area (TPSA) is 331 Å². The number of fused-ring (bicyclic) bond motifs is 4. The van der Waals surface area contributed by atoms with E-state index in [-0.39, 0.29) is 77.9 Å². The predicted molar refractivity (Wildman–Crippen MR) is 211 cm³/mol. The molecule has 0 amide bonds. The number of nitrogens with one attached hydrogen (secondary N) is 2. The quantitative estimate of drug-likeness (QED) is 0.0480. The second kappa shape index (κ2) is 15.3. The maximum absolute atomic E-state index is 13.7. The van der Waals surface area contributed by atoms with Crippen LogP contribution in [0, 0.1) is 0 Å². The number of carbonyl (C=O) groups excluding carboxylic acids is 2. The lowest BCUT2D eigenvalue weighted by atomic mass is 9.83. The van der Waals surface area contributed by atoms with Crippen molar-refractivity contribution in [3.8, 4) is 11.5 Å². The summed E-state index contributed by atoms with van der Waals surface area (Å²) in [5, 5.41) is 61.3. The Balaban J connectivity index is 1.20. The minimum Gasteiger partial charge on any atom is -0.507 e. The van der Waals surface area contributed by atoms with E-state index in [1.165, 1.54) is 60.7 Å². The Labute approximate surface area is 336 Å². The van der Waals surface area contributed by atoms with Crippen molar-refractivity contribution < 1.29 is 65.5 Å². The van der Waals surface area contributed by atoms with Crippen LogP contribution in [0.1, 0.15) is 31.8 Å². The first-order chi connectivity index (χ1) is 28.3. The highest BCUT2D eigenvalue weighted by Crippen LogP contribution is 2.42. The SMILES string of the molecule is O=C(O)CNc1ccc(N=Nc2ccc3c(c2)C(=O)c2ccc(N=Nc4ccc(NCC(=O)O)c5c(O)cc(S(=O)(=O)O)cc45)cc2C3=O)c2cc(S(=O)(=O)O)cc(O)c12. The fourth-order valence-corrected chi connectivity index (χ4v) is 7.48. The summed E-state index contributed by atoms with van der Waals surface area (Å²) in [5.41, 5.74) is 0.297. The lowest BCUT2D eigenvalue weighted by Crippen LogP contribution is -2.20. The summed E-state index contributed by atoms with van der Waals surface area (Å²) in [6.45, 7) is -1.10. The van der Waals surface area contributed by atoms with Gasteiger partial charge in [-0.25, -0.2) is 0 Å². The Morgan fingerprint density at radius 1 is 0.517 bits per heavy atom. The number of benzene rings is 6. The number of hydrogen-bond acceptors (Lipinski definition) is 16. The van der Waals surface area contributed by atoms with E-state index in [0.29, 0.717) is 0 Å². The van der Waals surface area contributed by atoms with E-state index in [0.717, 1.165) is 24.3 Å². The maximum atomic E-state index is 13.7. The van der Waals surface area contributed by atoms with Gasteiger partial charge in [-0.2, -0.15) is 27.1 Å². The van der Waals surface area contributed by atoms with Gasteiger partial charge in [0.05, 0.1) is 32.5 Å². The second-order valence-electron chi connectivity index (χ2n) is 13.0. The third-order valence-electron chi connectivity index (χ3n) is 9.08. The number of anilines is 2. The van der Waals surface area contributed by atoms with E-state index in [9.17, 15) is 55.3 Å². The predicted octanol–water partition coefficient (Wildman–Crippen LogP) is 6.50. The summed E-state index contributed by atoms with van der Waals surface area (Å²) in [6.07, 6.45) is 0. The largest absolute Gasteiger partial charge is 0.507 e. The van der Waals surface area contributed by atoms with Crippen LogP contribution < -0.4 is 10.6 Å². The van der Waals surface area contributed by atoms with Crippen molar-refractivity contribution in [3.05, 3.63) is 107 Å². The number of hydrogen-bond donors (Lipinski definition) is 8. The van der Waals surface area contributed by atoms with Crippen LogP contribution in [0.15, 0.2) is 115 Å². The summed E-state index contributed by atoms with van der Waals surface area (Å²) >= 11 is 0. The summed E-state index contributed by atoms with van der Waals surface area (Å²) < 4.78 is 67.0. The zero-order chi connectivity index (χ0) is 43.3.